The molecule has 4 nitrogen and oxygen atoms in total. The summed E-state index contributed by atoms with van der Waals surface area (Å²) in [4.78, 5) is 21.2. The van der Waals surface area contributed by atoms with E-state index >= 15 is 0 Å². The van der Waals surface area contributed by atoms with Gasteiger partial charge in [0.1, 0.15) is 6.61 Å². The second kappa shape index (κ2) is 12.1. The number of rotatable bonds is 6. The van der Waals surface area contributed by atoms with Crippen LogP contribution < -0.4 is 5.32 Å². The molecule has 0 aromatic rings. The molecule has 0 aliphatic rings. The summed E-state index contributed by atoms with van der Waals surface area (Å²) in [6.45, 7) is 13.1. The Kier molecular flexibility index (Phi) is 12.8. The van der Waals surface area contributed by atoms with Crippen LogP contribution >= 0.6 is 0 Å². The van der Waals surface area contributed by atoms with E-state index in [1.807, 2.05) is 27.7 Å². The number of hydrogen-bond acceptors (Lipinski definition) is 3. The van der Waals surface area contributed by atoms with E-state index in [2.05, 4.69) is 11.9 Å². The molecule has 0 aromatic carbocycles. The molecule has 0 radical (unpaired) electrons. The van der Waals surface area contributed by atoms with Gasteiger partial charge in [-0.3, -0.25) is 9.59 Å². The summed E-state index contributed by atoms with van der Waals surface area (Å²) >= 11 is 0. The average Bonchev–Trinajstić information content (AvgIpc) is 2.34. The highest BCUT2D eigenvalue weighted by atomic mass is 16.5. The lowest BCUT2D eigenvalue weighted by atomic mass is 10.1. The van der Waals surface area contributed by atoms with Gasteiger partial charge in [0.15, 0.2) is 0 Å². The van der Waals surface area contributed by atoms with Crippen LogP contribution in [0.5, 0.6) is 0 Å². The largest absolute Gasteiger partial charge is 0.461 e. The smallest absolute Gasteiger partial charge is 0.308 e. The summed E-state index contributed by atoms with van der Waals surface area (Å²) in [5, 5.41) is 2.75. The highest BCUT2D eigenvalue weighted by Crippen LogP contribution is 2.02. The predicted molar refractivity (Wildman–Crippen MR) is 74.2 cm³/mol. The lowest BCUT2D eigenvalue weighted by molar-refractivity contribution is -0.146. The van der Waals surface area contributed by atoms with E-state index in [1.54, 1.807) is 6.08 Å². The Labute approximate surface area is 111 Å². The van der Waals surface area contributed by atoms with Gasteiger partial charge in [-0.25, -0.2) is 0 Å². The Balaban J connectivity index is 0. The predicted octanol–water partition coefficient (Wildman–Crippen LogP) is 2.68. The summed E-state index contributed by atoms with van der Waals surface area (Å²) < 4.78 is 4.79. The molecule has 0 rings (SSSR count). The van der Waals surface area contributed by atoms with Crippen molar-refractivity contribution in [3.63, 3.8) is 0 Å². The minimum absolute atomic E-state index is 0.0138. The van der Waals surface area contributed by atoms with Crippen molar-refractivity contribution in [2.45, 2.75) is 53.5 Å². The Morgan fingerprint density at radius 1 is 1.28 bits per heavy atom. The molecule has 0 bridgehead atoms. The van der Waals surface area contributed by atoms with Gasteiger partial charge in [-0.1, -0.05) is 33.4 Å². The molecule has 0 saturated heterocycles. The van der Waals surface area contributed by atoms with Crippen molar-refractivity contribution in [2.75, 3.05) is 6.61 Å². The number of carbonyl (C=O) groups excluding carboxylic acids is 2. The summed E-state index contributed by atoms with van der Waals surface area (Å²) in [6.07, 6.45) is 3.40. The van der Waals surface area contributed by atoms with E-state index in [0.29, 0.717) is 12.6 Å². The number of nitrogens with one attached hydrogen (secondary N) is 1. The third-order valence-corrected chi connectivity index (χ3v) is 2.42. The Morgan fingerprint density at radius 2 is 1.83 bits per heavy atom. The molecule has 1 N–H and O–H groups in total. The van der Waals surface area contributed by atoms with Gasteiger partial charge < -0.3 is 10.1 Å². The van der Waals surface area contributed by atoms with E-state index in [1.165, 1.54) is 6.92 Å². The normalized spacial score (nSPS) is 12.5. The molecule has 2 unspecified atom stereocenters. The summed E-state index contributed by atoms with van der Waals surface area (Å²) in [6, 6.07) is 0.326. The van der Waals surface area contributed by atoms with Crippen molar-refractivity contribution in [1.29, 1.82) is 0 Å². The fraction of sp³-hybridized carbons (Fsp3) is 0.714. The summed E-state index contributed by atoms with van der Waals surface area (Å²) in [7, 11) is 0. The maximum Gasteiger partial charge on any atom is 0.308 e. The molecule has 0 spiro atoms. The van der Waals surface area contributed by atoms with Crippen molar-refractivity contribution in [3.05, 3.63) is 12.7 Å². The maximum absolute atomic E-state index is 10.9. The van der Waals surface area contributed by atoms with Crippen LogP contribution in [-0.2, 0) is 14.3 Å². The molecule has 18 heavy (non-hydrogen) atoms. The van der Waals surface area contributed by atoms with Gasteiger partial charge >= 0.3 is 5.97 Å². The van der Waals surface area contributed by atoms with Crippen LogP contribution in [0.2, 0.25) is 0 Å². The van der Waals surface area contributed by atoms with E-state index in [9.17, 15) is 9.59 Å². The molecular weight excluding hydrogens is 230 g/mol. The summed E-state index contributed by atoms with van der Waals surface area (Å²) in [5.41, 5.74) is 0. The van der Waals surface area contributed by atoms with Gasteiger partial charge in [0.25, 0.3) is 0 Å². The number of ether oxygens (including phenoxy) is 1. The zero-order valence-electron chi connectivity index (χ0n) is 12.3. The molecule has 0 aromatic heterocycles. The monoisotopic (exact) mass is 257 g/mol. The van der Waals surface area contributed by atoms with Gasteiger partial charge in [0.2, 0.25) is 5.91 Å². The van der Waals surface area contributed by atoms with Crippen LogP contribution in [0.4, 0.5) is 0 Å². The molecule has 0 heterocycles. The fourth-order valence-corrected chi connectivity index (χ4v) is 0.899. The summed E-state index contributed by atoms with van der Waals surface area (Å²) in [5.74, 6) is -0.0679. The van der Waals surface area contributed by atoms with Crippen LogP contribution in [0, 0.1) is 5.92 Å². The molecule has 0 saturated carbocycles. The van der Waals surface area contributed by atoms with Crippen LogP contribution in [0.15, 0.2) is 12.7 Å². The van der Waals surface area contributed by atoms with E-state index < -0.39 is 0 Å². The van der Waals surface area contributed by atoms with Gasteiger partial charge in [0.05, 0.1) is 5.92 Å². The topological polar surface area (TPSA) is 55.4 Å². The first-order valence-corrected chi connectivity index (χ1v) is 6.43. The number of amides is 1. The Hall–Kier alpha value is -1.32. The van der Waals surface area contributed by atoms with Gasteiger partial charge in [-0.05, 0) is 19.8 Å². The highest BCUT2D eigenvalue weighted by molar-refractivity contribution is 5.73. The van der Waals surface area contributed by atoms with Crippen molar-refractivity contribution in [3.8, 4) is 0 Å². The second-order valence-electron chi connectivity index (χ2n) is 4.24. The first-order chi connectivity index (χ1) is 8.38. The quantitative estimate of drug-likeness (QED) is 0.588. The van der Waals surface area contributed by atoms with E-state index in [0.717, 1.165) is 12.8 Å². The fourth-order valence-electron chi connectivity index (χ4n) is 0.899. The minimum atomic E-state index is -0.137. The van der Waals surface area contributed by atoms with Crippen molar-refractivity contribution >= 4 is 11.9 Å². The van der Waals surface area contributed by atoms with E-state index in [-0.39, 0.29) is 17.8 Å². The van der Waals surface area contributed by atoms with Crippen molar-refractivity contribution in [1.82, 2.24) is 5.32 Å². The third kappa shape index (κ3) is 12.7. The Morgan fingerprint density at radius 3 is 2.11 bits per heavy atom. The zero-order chi connectivity index (χ0) is 14.6. The third-order valence-electron chi connectivity index (χ3n) is 2.42. The molecule has 0 aliphatic carbocycles. The van der Waals surface area contributed by atoms with Crippen molar-refractivity contribution in [2.24, 2.45) is 5.92 Å². The molecule has 2 atom stereocenters. The van der Waals surface area contributed by atoms with Crippen molar-refractivity contribution < 1.29 is 14.3 Å². The number of hydrogen-bond donors (Lipinski definition) is 1. The van der Waals surface area contributed by atoms with Crippen LogP contribution in [-0.4, -0.2) is 24.5 Å². The van der Waals surface area contributed by atoms with Crippen LogP contribution in [0.1, 0.15) is 47.5 Å². The molecule has 0 fully saturated rings. The second-order valence-corrected chi connectivity index (χ2v) is 4.24. The highest BCUT2D eigenvalue weighted by Gasteiger charge is 2.09. The van der Waals surface area contributed by atoms with Gasteiger partial charge in [0, 0.05) is 13.0 Å². The molecule has 4 heteroatoms. The van der Waals surface area contributed by atoms with Crippen LogP contribution in [0.25, 0.3) is 0 Å². The zero-order valence-corrected chi connectivity index (χ0v) is 12.3. The lowest BCUT2D eigenvalue weighted by Crippen LogP contribution is -2.29. The first-order valence-electron chi connectivity index (χ1n) is 6.43. The average molecular weight is 257 g/mol. The number of esters is 1. The maximum atomic E-state index is 10.9. The first kappa shape index (κ1) is 19.0. The minimum Gasteiger partial charge on any atom is -0.461 e. The molecule has 106 valence electrons. The molecule has 1 amide bonds. The standard InChI is InChI=1S/C8H14O2.C6H13NO/c1-4-6-10-8(9)7(3)5-2;1-4-5(2)7-6(3)8/h4,7H,1,5-6H2,2-3H3;5H,4H2,1-3H3,(H,7,8). The Bertz CT molecular complexity index is 251. The molecule has 0 aliphatic heterocycles. The van der Waals surface area contributed by atoms with Crippen LogP contribution in [0.3, 0.4) is 0 Å². The van der Waals surface area contributed by atoms with E-state index in [4.69, 9.17) is 4.74 Å². The van der Waals surface area contributed by atoms with Gasteiger partial charge in [-0.2, -0.15) is 0 Å². The number of carbonyl (C=O) groups is 2. The lowest BCUT2D eigenvalue weighted by Gasteiger charge is -2.07. The SMILES string of the molecule is C=CCOC(=O)C(C)CC.CCC(C)NC(C)=O. The molecular formula is C14H27NO3. The van der Waals surface area contributed by atoms with Gasteiger partial charge in [-0.15, -0.1) is 0 Å².